The van der Waals surface area contributed by atoms with E-state index in [4.69, 9.17) is 9.52 Å². The zero-order valence-electron chi connectivity index (χ0n) is 17.5. The smallest absolute Gasteiger partial charge is 0.226 e. The highest BCUT2D eigenvalue weighted by Gasteiger charge is 2.21. The summed E-state index contributed by atoms with van der Waals surface area (Å²) in [4.78, 5) is 11.7. The fraction of sp³-hybridized carbons (Fsp3) is 0.842. The van der Waals surface area contributed by atoms with Crippen LogP contribution >= 0.6 is 24.0 Å². The third-order valence-electron chi connectivity index (χ3n) is 4.76. The van der Waals surface area contributed by atoms with Gasteiger partial charge < -0.3 is 20.1 Å². The second kappa shape index (κ2) is 12.5. The number of nitrogens with one attached hydrogen (secondary N) is 2. The molecule has 0 aliphatic carbocycles. The number of guanidine groups is 1. The molecule has 0 bridgehead atoms. The van der Waals surface area contributed by atoms with Gasteiger partial charge >= 0.3 is 0 Å². The average Bonchev–Trinajstić information content (AvgIpc) is 3.08. The molecule has 0 radical (unpaired) electrons. The van der Waals surface area contributed by atoms with Crippen LogP contribution in [0.3, 0.4) is 0 Å². The molecule has 0 spiro atoms. The van der Waals surface area contributed by atoms with Gasteiger partial charge in [0.05, 0.1) is 0 Å². The van der Waals surface area contributed by atoms with Crippen molar-refractivity contribution in [3.05, 3.63) is 11.7 Å². The van der Waals surface area contributed by atoms with Crippen molar-refractivity contribution in [2.75, 3.05) is 26.2 Å². The van der Waals surface area contributed by atoms with Gasteiger partial charge in [-0.2, -0.15) is 4.98 Å². The van der Waals surface area contributed by atoms with Crippen molar-refractivity contribution in [2.24, 2.45) is 4.99 Å². The molecule has 1 aromatic heterocycles. The summed E-state index contributed by atoms with van der Waals surface area (Å²) in [7, 11) is 0. The van der Waals surface area contributed by atoms with Crippen LogP contribution in [-0.2, 0) is 6.42 Å². The van der Waals surface area contributed by atoms with Gasteiger partial charge in [0, 0.05) is 50.6 Å². The van der Waals surface area contributed by atoms with E-state index in [1.165, 1.54) is 12.8 Å². The van der Waals surface area contributed by atoms with Crippen molar-refractivity contribution >= 4 is 29.9 Å². The lowest BCUT2D eigenvalue weighted by atomic mass is 10.0. The van der Waals surface area contributed by atoms with E-state index in [0.717, 1.165) is 50.8 Å². The minimum Gasteiger partial charge on any atom is -0.357 e. The summed E-state index contributed by atoms with van der Waals surface area (Å²) >= 11 is 0. The molecule has 0 saturated carbocycles. The van der Waals surface area contributed by atoms with Crippen LogP contribution in [0.4, 0.5) is 0 Å². The largest absolute Gasteiger partial charge is 0.357 e. The van der Waals surface area contributed by atoms with Gasteiger partial charge in [-0.3, -0.25) is 4.99 Å². The van der Waals surface area contributed by atoms with Crippen molar-refractivity contribution in [1.82, 2.24) is 25.7 Å². The molecular formula is C19H37IN6O. The van der Waals surface area contributed by atoms with Crippen molar-refractivity contribution in [3.8, 4) is 0 Å². The number of likely N-dealkylation sites (tertiary alicyclic amines) is 1. The molecular weight excluding hydrogens is 455 g/mol. The summed E-state index contributed by atoms with van der Waals surface area (Å²) in [5.74, 6) is 2.72. The van der Waals surface area contributed by atoms with Crippen molar-refractivity contribution in [3.63, 3.8) is 0 Å². The summed E-state index contributed by atoms with van der Waals surface area (Å²) in [5.41, 5.74) is 0. The molecule has 1 aliphatic rings. The maximum absolute atomic E-state index is 5.29. The lowest BCUT2D eigenvalue weighted by Crippen LogP contribution is -2.49. The van der Waals surface area contributed by atoms with Crippen LogP contribution in [0.15, 0.2) is 9.52 Å². The Hall–Kier alpha value is -0.900. The van der Waals surface area contributed by atoms with Crippen molar-refractivity contribution in [2.45, 2.75) is 78.3 Å². The Labute approximate surface area is 181 Å². The third-order valence-corrected chi connectivity index (χ3v) is 4.76. The number of rotatable bonds is 8. The van der Waals surface area contributed by atoms with E-state index in [0.29, 0.717) is 23.9 Å². The summed E-state index contributed by atoms with van der Waals surface area (Å²) in [6.07, 6.45) is 4.02. The Morgan fingerprint density at radius 3 is 2.52 bits per heavy atom. The average molecular weight is 492 g/mol. The van der Waals surface area contributed by atoms with E-state index in [1.54, 1.807) is 0 Å². The molecule has 0 amide bonds. The Balaban J connectivity index is 0.00000364. The highest BCUT2D eigenvalue weighted by molar-refractivity contribution is 14.0. The number of piperidine rings is 1. The van der Waals surface area contributed by atoms with Gasteiger partial charge in [0.15, 0.2) is 11.8 Å². The van der Waals surface area contributed by atoms with Crippen LogP contribution in [0.2, 0.25) is 0 Å². The summed E-state index contributed by atoms with van der Waals surface area (Å²) in [6, 6.07) is 1.14. The lowest BCUT2D eigenvalue weighted by molar-refractivity contribution is 0.167. The van der Waals surface area contributed by atoms with Crippen LogP contribution in [0, 0.1) is 0 Å². The molecule has 0 aromatic carbocycles. The summed E-state index contributed by atoms with van der Waals surface area (Å²) < 4.78 is 5.29. The van der Waals surface area contributed by atoms with Gasteiger partial charge in [0.2, 0.25) is 5.89 Å². The Kier molecular flexibility index (Phi) is 11.2. The highest BCUT2D eigenvalue weighted by atomic mass is 127. The summed E-state index contributed by atoms with van der Waals surface area (Å²) in [6.45, 7) is 14.7. The van der Waals surface area contributed by atoms with Crippen molar-refractivity contribution in [1.29, 1.82) is 0 Å². The number of nitrogens with zero attached hydrogens (tertiary/aromatic N) is 4. The van der Waals surface area contributed by atoms with Crippen molar-refractivity contribution < 1.29 is 4.52 Å². The minimum atomic E-state index is 0. The zero-order valence-corrected chi connectivity index (χ0v) is 19.8. The standard InChI is InChI=1S/C19H36N6O.HI/c1-6-20-19(22-16-9-12-25(13-10-16)15(4)5)21-11-7-8-17-23-18(14(2)3)24-26-17;/h14-16H,6-13H2,1-5H3,(H2,20,21,22);1H. The number of aromatic nitrogens is 2. The van der Waals surface area contributed by atoms with E-state index < -0.39 is 0 Å². The number of aryl methyl sites for hydroxylation is 1. The first kappa shape index (κ1) is 24.1. The molecule has 1 aliphatic heterocycles. The second-order valence-corrected chi connectivity index (χ2v) is 7.61. The highest BCUT2D eigenvalue weighted by Crippen LogP contribution is 2.13. The van der Waals surface area contributed by atoms with E-state index >= 15 is 0 Å². The molecule has 0 unspecified atom stereocenters. The molecule has 2 N–H and O–H groups in total. The first-order chi connectivity index (χ1) is 12.5. The zero-order chi connectivity index (χ0) is 18.9. The summed E-state index contributed by atoms with van der Waals surface area (Å²) in [5, 5.41) is 11.0. The molecule has 1 aromatic rings. The van der Waals surface area contributed by atoms with Gasteiger partial charge in [-0.05, 0) is 40.0 Å². The van der Waals surface area contributed by atoms with E-state index in [1.807, 2.05) is 0 Å². The number of hydrogen-bond donors (Lipinski definition) is 2. The lowest BCUT2D eigenvalue weighted by Gasteiger charge is -2.35. The van der Waals surface area contributed by atoms with Gasteiger partial charge in [0.25, 0.3) is 0 Å². The van der Waals surface area contributed by atoms with Gasteiger partial charge in [-0.25, -0.2) is 0 Å². The van der Waals surface area contributed by atoms with Crippen LogP contribution in [0.25, 0.3) is 0 Å². The molecule has 27 heavy (non-hydrogen) atoms. The Morgan fingerprint density at radius 1 is 1.26 bits per heavy atom. The topological polar surface area (TPSA) is 78.6 Å². The fourth-order valence-electron chi connectivity index (χ4n) is 3.10. The maximum Gasteiger partial charge on any atom is 0.226 e. The molecule has 0 atom stereocenters. The Morgan fingerprint density at radius 2 is 1.96 bits per heavy atom. The van der Waals surface area contributed by atoms with Crippen LogP contribution in [0.1, 0.15) is 71.5 Å². The minimum absolute atomic E-state index is 0. The van der Waals surface area contributed by atoms with E-state index in [2.05, 4.69) is 60.3 Å². The first-order valence-electron chi connectivity index (χ1n) is 10.1. The van der Waals surface area contributed by atoms with Crippen LogP contribution < -0.4 is 10.6 Å². The molecule has 1 saturated heterocycles. The second-order valence-electron chi connectivity index (χ2n) is 7.61. The SMILES string of the molecule is CCNC(=NCCCc1nc(C(C)C)no1)NC1CCN(C(C)C)CC1.I. The fourth-order valence-corrected chi connectivity index (χ4v) is 3.10. The normalized spacial score (nSPS) is 16.6. The quantitative estimate of drug-likeness (QED) is 0.251. The van der Waals surface area contributed by atoms with Gasteiger partial charge in [-0.15, -0.1) is 24.0 Å². The predicted octanol–water partition coefficient (Wildman–Crippen LogP) is 3.17. The number of hydrogen-bond acceptors (Lipinski definition) is 5. The molecule has 2 rings (SSSR count). The predicted molar refractivity (Wildman–Crippen MR) is 121 cm³/mol. The van der Waals surface area contributed by atoms with Crippen LogP contribution in [0.5, 0.6) is 0 Å². The number of aliphatic imine (C=N–C) groups is 1. The van der Waals surface area contributed by atoms with Crippen LogP contribution in [-0.4, -0.2) is 59.3 Å². The molecule has 2 heterocycles. The maximum atomic E-state index is 5.29. The monoisotopic (exact) mass is 492 g/mol. The molecule has 1 fully saturated rings. The molecule has 7 nitrogen and oxygen atoms in total. The number of halogens is 1. The third kappa shape index (κ3) is 8.33. The first-order valence-corrected chi connectivity index (χ1v) is 10.1. The molecule has 8 heteroatoms. The Bertz CT molecular complexity index is 552. The molecule has 156 valence electrons. The van der Waals surface area contributed by atoms with Gasteiger partial charge in [0.1, 0.15) is 0 Å². The van der Waals surface area contributed by atoms with Gasteiger partial charge in [-0.1, -0.05) is 19.0 Å². The van der Waals surface area contributed by atoms with E-state index in [9.17, 15) is 0 Å². The van der Waals surface area contributed by atoms with E-state index in [-0.39, 0.29) is 24.0 Å².